The second kappa shape index (κ2) is 5.92. The van der Waals surface area contributed by atoms with Crippen LogP contribution in [0, 0.1) is 0 Å². The molecule has 0 fully saturated rings. The number of anilines is 1. The minimum atomic E-state index is -1.08. The van der Waals surface area contributed by atoms with Gasteiger partial charge in [-0.2, -0.15) is 0 Å². The quantitative estimate of drug-likeness (QED) is 0.830. The number of carbonyl (C=O) groups is 2. The van der Waals surface area contributed by atoms with Crippen molar-refractivity contribution in [2.24, 2.45) is 5.73 Å². The van der Waals surface area contributed by atoms with Crippen molar-refractivity contribution in [1.29, 1.82) is 0 Å². The lowest BCUT2D eigenvalue weighted by molar-refractivity contribution is -0.138. The molecule has 0 saturated heterocycles. The molecule has 6 heteroatoms. The molecular formula is C14H18N2O4. The lowest BCUT2D eigenvalue weighted by Gasteiger charge is -2.18. The average Bonchev–Trinajstić information content (AvgIpc) is 2.87. The highest BCUT2D eigenvalue weighted by Gasteiger charge is 2.27. The molecule has 0 saturated carbocycles. The Kier molecular flexibility index (Phi) is 4.24. The zero-order valence-electron chi connectivity index (χ0n) is 11.3. The molecule has 108 valence electrons. The first-order valence-corrected chi connectivity index (χ1v) is 6.49. The molecule has 1 aromatic carbocycles. The third-order valence-electron chi connectivity index (χ3n) is 3.49. The maximum absolute atomic E-state index is 12.2. The van der Waals surface area contributed by atoms with E-state index in [1.165, 1.54) is 0 Å². The number of carboxylic acids is 1. The standard InChI is InChI=1S/C14H18N2O4/c1-20-12-4-2-3-11-9(12)7-8-16(11)13(17)6-5-10(15)14(18)19/h2-4,10H,5-8,15H2,1H3,(H,18,19). The zero-order valence-corrected chi connectivity index (χ0v) is 11.3. The Morgan fingerprint density at radius 1 is 1.50 bits per heavy atom. The summed E-state index contributed by atoms with van der Waals surface area (Å²) < 4.78 is 5.28. The number of ether oxygens (including phenoxy) is 1. The lowest BCUT2D eigenvalue weighted by Crippen LogP contribution is -2.34. The van der Waals surface area contributed by atoms with E-state index in [0.717, 1.165) is 23.4 Å². The summed E-state index contributed by atoms with van der Waals surface area (Å²) in [4.78, 5) is 24.5. The Hall–Kier alpha value is -2.08. The Morgan fingerprint density at radius 2 is 2.25 bits per heavy atom. The molecule has 0 radical (unpaired) electrons. The molecule has 0 bridgehead atoms. The zero-order chi connectivity index (χ0) is 14.7. The number of hydrogen-bond acceptors (Lipinski definition) is 4. The normalized spacial score (nSPS) is 14.8. The summed E-state index contributed by atoms with van der Waals surface area (Å²) in [5.74, 6) is -0.407. The molecule has 1 aliphatic heterocycles. The number of carboxylic acid groups (broad SMARTS) is 1. The van der Waals surface area contributed by atoms with Crippen LogP contribution in [0.5, 0.6) is 5.75 Å². The molecule has 1 unspecified atom stereocenters. The van der Waals surface area contributed by atoms with E-state index >= 15 is 0 Å². The van der Waals surface area contributed by atoms with E-state index in [1.807, 2.05) is 18.2 Å². The number of nitrogens with two attached hydrogens (primary N) is 1. The topological polar surface area (TPSA) is 92.9 Å². The van der Waals surface area contributed by atoms with Crippen LogP contribution in [0.2, 0.25) is 0 Å². The van der Waals surface area contributed by atoms with Gasteiger partial charge in [-0.15, -0.1) is 0 Å². The molecule has 1 aliphatic rings. The van der Waals surface area contributed by atoms with Crippen LogP contribution in [0.3, 0.4) is 0 Å². The minimum absolute atomic E-state index is 0.103. The number of rotatable bonds is 5. The molecule has 3 N–H and O–H groups in total. The fourth-order valence-corrected chi connectivity index (χ4v) is 2.39. The molecular weight excluding hydrogens is 260 g/mol. The fourth-order valence-electron chi connectivity index (χ4n) is 2.39. The number of fused-ring (bicyclic) bond motifs is 1. The fraction of sp³-hybridized carbons (Fsp3) is 0.429. The minimum Gasteiger partial charge on any atom is -0.496 e. The SMILES string of the molecule is COc1cccc2c1CCN2C(=O)CCC(N)C(=O)O. The van der Waals surface area contributed by atoms with Crippen LogP contribution in [-0.4, -0.2) is 36.7 Å². The van der Waals surface area contributed by atoms with Gasteiger partial charge >= 0.3 is 5.97 Å². The van der Waals surface area contributed by atoms with Gasteiger partial charge in [-0.3, -0.25) is 9.59 Å². The van der Waals surface area contributed by atoms with Gasteiger partial charge in [-0.05, 0) is 25.0 Å². The van der Waals surface area contributed by atoms with Gasteiger partial charge < -0.3 is 20.5 Å². The number of benzene rings is 1. The van der Waals surface area contributed by atoms with Crippen molar-refractivity contribution >= 4 is 17.6 Å². The molecule has 1 atom stereocenters. The summed E-state index contributed by atoms with van der Waals surface area (Å²) in [6.07, 6.45) is 1.02. The summed E-state index contributed by atoms with van der Waals surface area (Å²) in [6.45, 7) is 0.594. The van der Waals surface area contributed by atoms with Crippen molar-refractivity contribution in [3.8, 4) is 5.75 Å². The summed E-state index contributed by atoms with van der Waals surface area (Å²) >= 11 is 0. The Labute approximate surface area is 117 Å². The van der Waals surface area contributed by atoms with Crippen LogP contribution in [0.15, 0.2) is 18.2 Å². The summed E-state index contributed by atoms with van der Waals surface area (Å²) in [6, 6.07) is 4.59. The van der Waals surface area contributed by atoms with E-state index < -0.39 is 12.0 Å². The molecule has 0 aliphatic carbocycles. The predicted molar refractivity (Wildman–Crippen MR) is 73.9 cm³/mol. The van der Waals surface area contributed by atoms with E-state index in [9.17, 15) is 9.59 Å². The Morgan fingerprint density at radius 3 is 2.90 bits per heavy atom. The van der Waals surface area contributed by atoms with Crippen molar-refractivity contribution in [3.05, 3.63) is 23.8 Å². The van der Waals surface area contributed by atoms with Gasteiger partial charge in [0.15, 0.2) is 0 Å². The van der Waals surface area contributed by atoms with Crippen molar-refractivity contribution in [2.45, 2.75) is 25.3 Å². The van der Waals surface area contributed by atoms with E-state index in [1.54, 1.807) is 12.0 Å². The predicted octanol–water partition coefficient (Wildman–Crippen LogP) is 0.776. The molecule has 1 amide bonds. The summed E-state index contributed by atoms with van der Waals surface area (Å²) in [5.41, 5.74) is 7.28. The third kappa shape index (κ3) is 2.75. The lowest BCUT2D eigenvalue weighted by atomic mass is 10.1. The van der Waals surface area contributed by atoms with E-state index in [0.29, 0.717) is 6.54 Å². The molecule has 1 heterocycles. The first kappa shape index (κ1) is 14.3. The van der Waals surface area contributed by atoms with Gasteiger partial charge in [0.05, 0.1) is 12.8 Å². The van der Waals surface area contributed by atoms with Gasteiger partial charge in [0.1, 0.15) is 11.8 Å². The number of methoxy groups -OCH3 is 1. The molecule has 0 spiro atoms. The van der Waals surface area contributed by atoms with E-state index in [4.69, 9.17) is 15.6 Å². The van der Waals surface area contributed by atoms with Gasteiger partial charge in [-0.25, -0.2) is 0 Å². The summed E-state index contributed by atoms with van der Waals surface area (Å²) in [7, 11) is 1.60. The van der Waals surface area contributed by atoms with Crippen LogP contribution in [0.4, 0.5) is 5.69 Å². The highest BCUT2D eigenvalue weighted by atomic mass is 16.5. The highest BCUT2D eigenvalue weighted by molar-refractivity contribution is 5.96. The maximum atomic E-state index is 12.2. The van der Waals surface area contributed by atoms with Crippen molar-refractivity contribution in [2.75, 3.05) is 18.6 Å². The molecule has 0 aromatic heterocycles. The number of amides is 1. The van der Waals surface area contributed by atoms with E-state index in [-0.39, 0.29) is 18.7 Å². The molecule has 6 nitrogen and oxygen atoms in total. The van der Waals surface area contributed by atoms with Gasteiger partial charge in [0.2, 0.25) is 5.91 Å². The Balaban J connectivity index is 2.06. The van der Waals surface area contributed by atoms with Crippen LogP contribution in [0.25, 0.3) is 0 Å². The number of nitrogens with zero attached hydrogens (tertiary/aromatic N) is 1. The molecule has 1 aromatic rings. The first-order valence-electron chi connectivity index (χ1n) is 6.49. The van der Waals surface area contributed by atoms with Gasteiger partial charge in [0, 0.05) is 18.5 Å². The number of carbonyl (C=O) groups excluding carboxylic acids is 1. The smallest absolute Gasteiger partial charge is 0.320 e. The van der Waals surface area contributed by atoms with Gasteiger partial charge in [0.25, 0.3) is 0 Å². The van der Waals surface area contributed by atoms with Gasteiger partial charge in [-0.1, -0.05) is 6.07 Å². The highest BCUT2D eigenvalue weighted by Crippen LogP contribution is 2.35. The Bertz CT molecular complexity index is 530. The van der Waals surface area contributed by atoms with E-state index in [2.05, 4.69) is 0 Å². The average molecular weight is 278 g/mol. The van der Waals surface area contributed by atoms with Crippen molar-refractivity contribution in [3.63, 3.8) is 0 Å². The molecule has 20 heavy (non-hydrogen) atoms. The third-order valence-corrected chi connectivity index (χ3v) is 3.49. The summed E-state index contributed by atoms with van der Waals surface area (Å²) in [5, 5.41) is 8.72. The van der Waals surface area contributed by atoms with Crippen molar-refractivity contribution in [1.82, 2.24) is 0 Å². The van der Waals surface area contributed by atoms with Crippen LogP contribution in [0.1, 0.15) is 18.4 Å². The van der Waals surface area contributed by atoms with Crippen LogP contribution < -0.4 is 15.4 Å². The largest absolute Gasteiger partial charge is 0.496 e. The van der Waals surface area contributed by atoms with Crippen LogP contribution >= 0.6 is 0 Å². The van der Waals surface area contributed by atoms with Crippen LogP contribution in [-0.2, 0) is 16.0 Å². The molecule has 2 rings (SSSR count). The maximum Gasteiger partial charge on any atom is 0.320 e. The first-order chi connectivity index (χ1) is 9.54. The second-order valence-corrected chi connectivity index (χ2v) is 4.74. The number of aliphatic carboxylic acids is 1. The second-order valence-electron chi connectivity index (χ2n) is 4.74. The van der Waals surface area contributed by atoms with Crippen molar-refractivity contribution < 1.29 is 19.4 Å². The monoisotopic (exact) mass is 278 g/mol. The number of hydrogen-bond donors (Lipinski definition) is 2.